The molecule has 1 amide bonds. The van der Waals surface area contributed by atoms with Crippen LogP contribution >= 0.6 is 11.3 Å². The molecule has 3 rings (SSSR count). The van der Waals surface area contributed by atoms with E-state index in [1.807, 2.05) is 30.3 Å². The van der Waals surface area contributed by atoms with Gasteiger partial charge in [-0.15, -0.1) is 11.3 Å². The van der Waals surface area contributed by atoms with Gasteiger partial charge in [0.25, 0.3) is 0 Å². The summed E-state index contributed by atoms with van der Waals surface area (Å²) < 4.78 is 0. The van der Waals surface area contributed by atoms with Crippen molar-refractivity contribution in [1.82, 2.24) is 4.90 Å². The Morgan fingerprint density at radius 3 is 2.76 bits per heavy atom. The average molecular weight is 299 g/mol. The molecule has 21 heavy (non-hydrogen) atoms. The second-order valence-corrected chi connectivity index (χ2v) is 6.24. The van der Waals surface area contributed by atoms with Crippen LogP contribution in [0.2, 0.25) is 0 Å². The minimum Gasteiger partial charge on any atom is -0.391 e. The van der Waals surface area contributed by atoms with Gasteiger partial charge >= 0.3 is 0 Å². The molecule has 0 radical (unpaired) electrons. The second-order valence-electron chi connectivity index (χ2n) is 5.13. The zero-order chi connectivity index (χ0) is 14.7. The Labute approximate surface area is 128 Å². The van der Waals surface area contributed by atoms with Crippen LogP contribution in [0.1, 0.15) is 11.3 Å². The summed E-state index contributed by atoms with van der Waals surface area (Å²) in [7, 11) is 0. The van der Waals surface area contributed by atoms with Gasteiger partial charge in [0.1, 0.15) is 0 Å². The van der Waals surface area contributed by atoms with E-state index < -0.39 is 0 Å². The second kappa shape index (κ2) is 6.24. The molecule has 1 atom stereocenters. The van der Waals surface area contributed by atoms with E-state index in [1.165, 1.54) is 10.4 Å². The van der Waals surface area contributed by atoms with Gasteiger partial charge in [0.2, 0.25) is 5.91 Å². The maximum absolute atomic E-state index is 12.0. The summed E-state index contributed by atoms with van der Waals surface area (Å²) in [5, 5.41) is 9.45. The summed E-state index contributed by atoms with van der Waals surface area (Å²) in [5.74, 6) is -0.0267. The number of aliphatic hydroxyl groups excluding tert-OH is 1. The molecule has 1 aliphatic heterocycles. The van der Waals surface area contributed by atoms with Crippen LogP contribution in [0.3, 0.4) is 0 Å². The van der Waals surface area contributed by atoms with Gasteiger partial charge in [-0.2, -0.15) is 0 Å². The van der Waals surface area contributed by atoms with Gasteiger partial charge in [-0.25, -0.2) is 0 Å². The van der Waals surface area contributed by atoms with E-state index >= 15 is 0 Å². The molecule has 3 nitrogen and oxygen atoms in total. The monoisotopic (exact) mass is 299 g/mol. The molecule has 1 saturated heterocycles. The van der Waals surface area contributed by atoms with E-state index in [9.17, 15) is 9.90 Å². The fourth-order valence-electron chi connectivity index (χ4n) is 2.40. The van der Waals surface area contributed by atoms with Crippen LogP contribution in [0.25, 0.3) is 16.5 Å². The predicted octanol–water partition coefficient (Wildman–Crippen LogP) is 3.02. The third-order valence-corrected chi connectivity index (χ3v) is 4.65. The molecule has 0 aliphatic carbocycles. The predicted molar refractivity (Wildman–Crippen MR) is 86.0 cm³/mol. The third-order valence-electron chi connectivity index (χ3n) is 3.55. The summed E-state index contributed by atoms with van der Waals surface area (Å²) in [4.78, 5) is 15.9. The fourth-order valence-corrected chi connectivity index (χ4v) is 3.32. The summed E-state index contributed by atoms with van der Waals surface area (Å²) in [6.45, 7) is 1.09. The smallest absolute Gasteiger partial charge is 0.246 e. The molecule has 108 valence electrons. The van der Waals surface area contributed by atoms with Gasteiger partial charge in [-0.1, -0.05) is 30.3 Å². The van der Waals surface area contributed by atoms with Gasteiger partial charge in [0, 0.05) is 28.9 Å². The van der Waals surface area contributed by atoms with Crippen molar-refractivity contribution in [3.05, 3.63) is 53.4 Å². The number of amides is 1. The lowest BCUT2D eigenvalue weighted by Gasteiger charge is -2.11. The van der Waals surface area contributed by atoms with Crippen molar-refractivity contribution >= 4 is 23.3 Å². The van der Waals surface area contributed by atoms with Gasteiger partial charge in [-0.3, -0.25) is 4.79 Å². The summed E-state index contributed by atoms with van der Waals surface area (Å²) >= 11 is 1.66. The maximum Gasteiger partial charge on any atom is 0.246 e. The van der Waals surface area contributed by atoms with Crippen LogP contribution in [0, 0.1) is 0 Å². The lowest BCUT2D eigenvalue weighted by Crippen LogP contribution is -2.27. The number of likely N-dealkylation sites (tertiary alicyclic amines) is 1. The number of thiophene rings is 1. The Bertz CT molecular complexity index is 648. The molecular weight excluding hydrogens is 282 g/mol. The van der Waals surface area contributed by atoms with Gasteiger partial charge in [-0.05, 0) is 30.2 Å². The molecule has 1 N–H and O–H groups in total. The van der Waals surface area contributed by atoms with Crippen molar-refractivity contribution in [2.45, 2.75) is 12.5 Å². The highest BCUT2D eigenvalue weighted by Gasteiger charge is 2.22. The largest absolute Gasteiger partial charge is 0.391 e. The van der Waals surface area contributed by atoms with Crippen LogP contribution in [-0.2, 0) is 4.79 Å². The molecule has 1 aliphatic rings. The minimum absolute atomic E-state index is 0.0267. The Hall–Kier alpha value is -1.91. The SMILES string of the molecule is O=C(C=Cc1ccc(-c2ccccc2)s1)N1CC[C@H](O)C1. The van der Waals surface area contributed by atoms with Crippen LogP contribution in [-0.4, -0.2) is 35.1 Å². The molecule has 2 heterocycles. The molecule has 0 bridgehead atoms. The Morgan fingerprint density at radius 1 is 1.24 bits per heavy atom. The molecule has 2 aromatic rings. The number of carbonyl (C=O) groups is 1. The fraction of sp³-hybridized carbons (Fsp3) is 0.235. The van der Waals surface area contributed by atoms with Crippen molar-refractivity contribution in [3.8, 4) is 10.4 Å². The number of nitrogens with zero attached hydrogens (tertiary/aromatic N) is 1. The van der Waals surface area contributed by atoms with E-state index in [0.29, 0.717) is 19.5 Å². The van der Waals surface area contributed by atoms with E-state index in [2.05, 4.69) is 18.2 Å². The number of β-amino-alcohol motifs (C(OH)–C–C–N with tert-alkyl or cyclic N) is 1. The lowest BCUT2D eigenvalue weighted by atomic mass is 10.2. The van der Waals surface area contributed by atoms with Crippen LogP contribution in [0.5, 0.6) is 0 Å². The number of benzene rings is 1. The molecule has 0 unspecified atom stereocenters. The van der Waals surface area contributed by atoms with E-state index in [-0.39, 0.29) is 12.0 Å². The van der Waals surface area contributed by atoms with Gasteiger partial charge in [0.05, 0.1) is 6.10 Å². The minimum atomic E-state index is -0.367. The number of hydrogen-bond donors (Lipinski definition) is 1. The average Bonchev–Trinajstić information content (AvgIpc) is 3.15. The molecular formula is C17H17NO2S. The number of hydrogen-bond acceptors (Lipinski definition) is 3. The zero-order valence-electron chi connectivity index (χ0n) is 11.6. The van der Waals surface area contributed by atoms with E-state index in [4.69, 9.17) is 0 Å². The first-order valence-corrected chi connectivity index (χ1v) is 7.84. The van der Waals surface area contributed by atoms with E-state index in [0.717, 1.165) is 4.88 Å². The molecule has 0 spiro atoms. The normalized spacial score (nSPS) is 18.5. The number of rotatable bonds is 3. The maximum atomic E-state index is 12.0. The third kappa shape index (κ3) is 3.40. The Morgan fingerprint density at radius 2 is 2.05 bits per heavy atom. The molecule has 1 aromatic heterocycles. The Balaban J connectivity index is 1.67. The van der Waals surface area contributed by atoms with Crippen LogP contribution in [0.15, 0.2) is 48.5 Å². The standard InChI is InChI=1S/C17H17NO2S/c19-14-10-11-18(12-14)17(20)9-7-15-6-8-16(21-15)13-4-2-1-3-5-13/h1-9,14,19H,10-12H2/t14-/m0/s1. The number of carbonyl (C=O) groups excluding carboxylic acids is 1. The van der Waals surface area contributed by atoms with Crippen molar-refractivity contribution in [2.75, 3.05) is 13.1 Å². The van der Waals surface area contributed by atoms with Crippen LogP contribution < -0.4 is 0 Å². The quantitative estimate of drug-likeness (QED) is 0.885. The molecule has 0 saturated carbocycles. The van der Waals surface area contributed by atoms with Crippen LogP contribution in [0.4, 0.5) is 0 Å². The van der Waals surface area contributed by atoms with Gasteiger partial charge < -0.3 is 10.0 Å². The lowest BCUT2D eigenvalue weighted by molar-refractivity contribution is -0.125. The highest BCUT2D eigenvalue weighted by atomic mass is 32.1. The summed E-state index contributed by atoms with van der Waals surface area (Å²) in [6.07, 6.45) is 3.76. The van der Waals surface area contributed by atoms with Crippen molar-refractivity contribution in [1.29, 1.82) is 0 Å². The molecule has 4 heteroatoms. The van der Waals surface area contributed by atoms with Crippen molar-refractivity contribution in [2.24, 2.45) is 0 Å². The molecule has 1 fully saturated rings. The van der Waals surface area contributed by atoms with Crippen molar-refractivity contribution < 1.29 is 9.90 Å². The van der Waals surface area contributed by atoms with Gasteiger partial charge in [0.15, 0.2) is 0 Å². The summed E-state index contributed by atoms with van der Waals surface area (Å²) in [5.41, 5.74) is 1.19. The first-order chi connectivity index (χ1) is 10.2. The molecule has 1 aromatic carbocycles. The Kier molecular flexibility index (Phi) is 4.18. The zero-order valence-corrected chi connectivity index (χ0v) is 12.4. The highest BCUT2D eigenvalue weighted by Crippen LogP contribution is 2.28. The van der Waals surface area contributed by atoms with E-state index in [1.54, 1.807) is 22.3 Å². The first-order valence-electron chi connectivity index (χ1n) is 7.03. The first kappa shape index (κ1) is 14.0. The summed E-state index contributed by atoms with van der Waals surface area (Å²) in [6, 6.07) is 14.3. The number of aliphatic hydroxyl groups is 1. The highest BCUT2D eigenvalue weighted by molar-refractivity contribution is 7.16. The van der Waals surface area contributed by atoms with Crippen molar-refractivity contribution in [3.63, 3.8) is 0 Å². The topological polar surface area (TPSA) is 40.5 Å².